The second-order valence-electron chi connectivity index (χ2n) is 5.58. The highest BCUT2D eigenvalue weighted by Crippen LogP contribution is 2.37. The maximum absolute atomic E-state index is 12.7. The minimum atomic E-state index is -0.194. The Bertz CT molecular complexity index is 949. The van der Waals surface area contributed by atoms with Gasteiger partial charge in [0.2, 0.25) is 0 Å². The Morgan fingerprint density at radius 2 is 2.04 bits per heavy atom. The van der Waals surface area contributed by atoms with Gasteiger partial charge in [0.05, 0.1) is 10.6 Å². The maximum atomic E-state index is 12.7. The number of hydrogen-bond donors (Lipinski definition) is 1. The second-order valence-corrected chi connectivity index (χ2v) is 7.26. The molecule has 0 radical (unpaired) electrons. The number of nitrogens with zero attached hydrogens (tertiary/aromatic N) is 1. The van der Waals surface area contributed by atoms with Crippen LogP contribution in [-0.2, 0) is 4.79 Å². The topological polar surface area (TPSA) is 49.8 Å². The lowest BCUT2D eigenvalue weighted by molar-refractivity contribution is -0.113. The number of thiocarbonyl (C=S) groups is 1. The minimum Gasteiger partial charge on any atom is -0.508 e. The molecule has 0 aromatic heterocycles. The molecule has 0 spiro atoms. The number of phenols is 1. The first-order valence-electron chi connectivity index (χ1n) is 7.61. The van der Waals surface area contributed by atoms with E-state index in [1.165, 1.54) is 22.7 Å². The molecule has 1 fully saturated rings. The van der Waals surface area contributed by atoms with E-state index in [4.69, 9.17) is 17.0 Å². The molecule has 0 bridgehead atoms. The van der Waals surface area contributed by atoms with Crippen LogP contribution in [0.25, 0.3) is 6.08 Å². The van der Waals surface area contributed by atoms with Crippen LogP contribution in [0.3, 0.4) is 0 Å². The number of hydrogen-bond acceptors (Lipinski definition) is 5. The zero-order valence-electron chi connectivity index (χ0n) is 13.0. The third-order valence-electron chi connectivity index (χ3n) is 3.85. The number of benzene rings is 2. The number of fused-ring (bicyclic) bond motifs is 1. The molecule has 2 aromatic carbocycles. The molecule has 2 aromatic rings. The van der Waals surface area contributed by atoms with E-state index in [2.05, 4.69) is 0 Å². The first kappa shape index (κ1) is 15.9. The average molecular weight is 367 g/mol. The molecule has 0 saturated carbocycles. The summed E-state index contributed by atoms with van der Waals surface area (Å²) in [5.41, 5.74) is 2.46. The molecule has 1 N–H and O–H groups in total. The third kappa shape index (κ3) is 3.06. The highest BCUT2D eigenvalue weighted by atomic mass is 32.2. The number of thioether (sulfide) groups is 1. The Morgan fingerprint density at radius 3 is 2.88 bits per heavy atom. The molecule has 124 valence electrons. The van der Waals surface area contributed by atoms with Crippen molar-refractivity contribution >= 4 is 46.0 Å². The van der Waals surface area contributed by atoms with E-state index in [1.54, 1.807) is 18.2 Å². The Balaban J connectivity index is 1.64. The van der Waals surface area contributed by atoms with Crippen LogP contribution in [0.1, 0.15) is 5.56 Å². The fraction of sp³-hybridized carbons (Fsp3) is 0.0526. The van der Waals surface area contributed by atoms with Gasteiger partial charge >= 0.3 is 0 Å². The van der Waals surface area contributed by atoms with Crippen molar-refractivity contribution in [1.29, 1.82) is 0 Å². The van der Waals surface area contributed by atoms with Crippen molar-refractivity contribution in [1.82, 2.24) is 0 Å². The van der Waals surface area contributed by atoms with Gasteiger partial charge in [-0.1, -0.05) is 48.2 Å². The number of para-hydroxylation sites is 1. The summed E-state index contributed by atoms with van der Waals surface area (Å²) < 4.78 is 6.17. The molecule has 2 aliphatic heterocycles. The van der Waals surface area contributed by atoms with E-state index >= 15 is 0 Å². The van der Waals surface area contributed by atoms with E-state index in [0.29, 0.717) is 21.5 Å². The predicted molar refractivity (Wildman–Crippen MR) is 104 cm³/mol. The minimum absolute atomic E-state index is 0.0931. The van der Waals surface area contributed by atoms with Crippen LogP contribution >= 0.6 is 24.0 Å². The third-order valence-corrected chi connectivity index (χ3v) is 5.15. The van der Waals surface area contributed by atoms with Gasteiger partial charge in [-0.25, -0.2) is 0 Å². The Kier molecular flexibility index (Phi) is 4.07. The average Bonchev–Trinajstić information content (AvgIpc) is 2.88. The summed E-state index contributed by atoms with van der Waals surface area (Å²) in [7, 11) is 0. The van der Waals surface area contributed by atoms with E-state index in [9.17, 15) is 9.90 Å². The highest BCUT2D eigenvalue weighted by molar-refractivity contribution is 8.27. The van der Waals surface area contributed by atoms with Gasteiger partial charge in [0.25, 0.3) is 5.91 Å². The quantitative estimate of drug-likeness (QED) is 0.639. The van der Waals surface area contributed by atoms with Gasteiger partial charge in [-0.2, -0.15) is 0 Å². The van der Waals surface area contributed by atoms with Crippen LogP contribution in [0.4, 0.5) is 5.69 Å². The fourth-order valence-electron chi connectivity index (χ4n) is 2.71. The van der Waals surface area contributed by atoms with E-state index in [-0.39, 0.29) is 11.7 Å². The van der Waals surface area contributed by atoms with Gasteiger partial charge in [-0.05, 0) is 35.9 Å². The van der Waals surface area contributed by atoms with Crippen molar-refractivity contribution in [3.8, 4) is 11.5 Å². The van der Waals surface area contributed by atoms with Crippen LogP contribution in [-0.4, -0.2) is 21.9 Å². The van der Waals surface area contributed by atoms with Gasteiger partial charge in [-0.15, -0.1) is 0 Å². The number of aromatic hydroxyl groups is 1. The molecule has 0 atom stereocenters. The summed E-state index contributed by atoms with van der Waals surface area (Å²) in [6.45, 7) is 0.410. The second kappa shape index (κ2) is 6.38. The summed E-state index contributed by atoms with van der Waals surface area (Å²) in [4.78, 5) is 14.7. The van der Waals surface area contributed by atoms with Gasteiger partial charge in [0, 0.05) is 11.6 Å². The largest absolute Gasteiger partial charge is 0.508 e. The van der Waals surface area contributed by atoms with Crippen LogP contribution in [0, 0.1) is 0 Å². The Morgan fingerprint density at radius 1 is 1.20 bits per heavy atom. The van der Waals surface area contributed by atoms with Crippen molar-refractivity contribution in [2.24, 2.45) is 0 Å². The number of ether oxygens (including phenoxy) is 1. The van der Waals surface area contributed by atoms with Gasteiger partial charge in [0.15, 0.2) is 4.32 Å². The fourth-order valence-corrected chi connectivity index (χ4v) is 4.02. The molecule has 0 aliphatic carbocycles. The number of phenolic OH excluding ortho intramolecular Hbond substituents is 1. The SMILES string of the molecule is O=C1/C(=C/C2=Cc3ccccc3OC2)SC(=S)N1c1cccc(O)c1. The summed E-state index contributed by atoms with van der Waals surface area (Å²) >= 11 is 6.59. The van der Waals surface area contributed by atoms with Crippen molar-refractivity contribution in [2.45, 2.75) is 0 Å². The lowest BCUT2D eigenvalue weighted by Gasteiger charge is -2.16. The number of carbonyl (C=O) groups is 1. The smallest absolute Gasteiger partial charge is 0.270 e. The normalized spacial score (nSPS) is 18.2. The molecule has 0 unspecified atom stereocenters. The molecule has 1 saturated heterocycles. The molecule has 6 heteroatoms. The predicted octanol–water partition coefficient (Wildman–Crippen LogP) is 4.12. The number of anilines is 1. The molecule has 1 amide bonds. The molecule has 4 nitrogen and oxygen atoms in total. The highest BCUT2D eigenvalue weighted by Gasteiger charge is 2.33. The van der Waals surface area contributed by atoms with Crippen molar-refractivity contribution in [3.63, 3.8) is 0 Å². The van der Waals surface area contributed by atoms with Crippen molar-refractivity contribution in [2.75, 3.05) is 11.5 Å². The van der Waals surface area contributed by atoms with Crippen LogP contribution in [0.2, 0.25) is 0 Å². The first-order valence-corrected chi connectivity index (χ1v) is 8.84. The molecule has 25 heavy (non-hydrogen) atoms. The summed E-state index contributed by atoms with van der Waals surface area (Å²) in [5.74, 6) is 0.739. The van der Waals surface area contributed by atoms with E-state index < -0.39 is 0 Å². The molecular weight excluding hydrogens is 354 g/mol. The number of amides is 1. The molecular formula is C19H13NO3S2. The zero-order valence-corrected chi connectivity index (χ0v) is 14.6. The van der Waals surface area contributed by atoms with Crippen LogP contribution < -0.4 is 9.64 Å². The van der Waals surface area contributed by atoms with Crippen LogP contribution in [0.5, 0.6) is 11.5 Å². The van der Waals surface area contributed by atoms with E-state index in [1.807, 2.05) is 36.4 Å². The standard InChI is InChI=1S/C19H13NO3S2/c21-15-6-3-5-14(10-15)20-18(22)17(25-19(20)24)9-12-8-13-4-1-2-7-16(13)23-11-12/h1-10,21H,11H2/b17-9-. The Labute approximate surface area is 154 Å². The van der Waals surface area contributed by atoms with Gasteiger partial charge in [-0.3, -0.25) is 9.69 Å². The van der Waals surface area contributed by atoms with Crippen molar-refractivity contribution in [3.05, 3.63) is 70.6 Å². The number of carbonyl (C=O) groups excluding carboxylic acids is 1. The molecule has 2 aliphatic rings. The van der Waals surface area contributed by atoms with Gasteiger partial charge < -0.3 is 9.84 Å². The Hall–Kier alpha value is -2.57. The number of rotatable bonds is 2. The van der Waals surface area contributed by atoms with Crippen LogP contribution in [0.15, 0.2) is 65.1 Å². The maximum Gasteiger partial charge on any atom is 0.270 e. The summed E-state index contributed by atoms with van der Waals surface area (Å²) in [5, 5.41) is 9.64. The summed E-state index contributed by atoms with van der Waals surface area (Å²) in [6.07, 6.45) is 3.83. The first-order chi connectivity index (χ1) is 12.1. The van der Waals surface area contributed by atoms with Crippen molar-refractivity contribution < 1.29 is 14.6 Å². The molecule has 2 heterocycles. The van der Waals surface area contributed by atoms with Gasteiger partial charge in [0.1, 0.15) is 18.1 Å². The lowest BCUT2D eigenvalue weighted by Crippen LogP contribution is -2.27. The monoisotopic (exact) mass is 367 g/mol. The summed E-state index contributed by atoms with van der Waals surface area (Å²) in [6, 6.07) is 14.3. The lowest BCUT2D eigenvalue weighted by atomic mass is 10.1. The molecule has 4 rings (SSSR count). The van der Waals surface area contributed by atoms with E-state index in [0.717, 1.165) is 16.9 Å². The zero-order chi connectivity index (χ0) is 17.4.